The van der Waals surface area contributed by atoms with Gasteiger partial charge in [-0.25, -0.2) is 0 Å². The third-order valence-electron chi connectivity index (χ3n) is 4.45. The SMILES string of the molecule is FC(F)(F)C1(c2nc(-c3ccncc3)no2)CCN(Cc2cnns2)C1. The molecule has 0 aromatic carbocycles. The Morgan fingerprint density at radius 2 is 2.08 bits per heavy atom. The van der Waals surface area contributed by atoms with Crippen molar-refractivity contribution in [3.05, 3.63) is 41.5 Å². The van der Waals surface area contributed by atoms with Crippen LogP contribution in [0, 0.1) is 0 Å². The topological polar surface area (TPSA) is 80.8 Å². The van der Waals surface area contributed by atoms with Crippen LogP contribution in [0.4, 0.5) is 13.2 Å². The molecule has 7 nitrogen and oxygen atoms in total. The second kappa shape index (κ2) is 6.40. The molecule has 4 heterocycles. The van der Waals surface area contributed by atoms with E-state index in [1.165, 1.54) is 23.9 Å². The molecule has 0 aliphatic carbocycles. The molecular formula is C15H13F3N6OS. The highest BCUT2D eigenvalue weighted by Crippen LogP contribution is 2.47. The number of nitrogens with zero attached hydrogens (tertiary/aromatic N) is 6. The van der Waals surface area contributed by atoms with E-state index in [0.717, 1.165) is 4.88 Å². The summed E-state index contributed by atoms with van der Waals surface area (Å²) in [6.07, 6.45) is -0.0421. The number of rotatable bonds is 4. The minimum absolute atomic E-state index is 0.121. The smallest absolute Gasteiger partial charge is 0.338 e. The third-order valence-corrected chi connectivity index (χ3v) is 5.10. The molecule has 0 N–H and O–H groups in total. The number of halogens is 3. The summed E-state index contributed by atoms with van der Waals surface area (Å²) in [4.78, 5) is 10.4. The van der Waals surface area contributed by atoms with Crippen molar-refractivity contribution >= 4 is 11.5 Å². The maximum absolute atomic E-state index is 14.0. The van der Waals surface area contributed by atoms with Gasteiger partial charge in [0.1, 0.15) is 0 Å². The Balaban J connectivity index is 1.63. The van der Waals surface area contributed by atoms with Gasteiger partial charge in [-0.15, -0.1) is 5.10 Å². The summed E-state index contributed by atoms with van der Waals surface area (Å²) in [5, 5.41) is 7.46. The first kappa shape index (κ1) is 17.0. The fourth-order valence-corrected chi connectivity index (χ4v) is 3.60. The molecule has 3 aromatic rings. The van der Waals surface area contributed by atoms with E-state index in [9.17, 15) is 13.2 Å². The third kappa shape index (κ3) is 2.97. The Morgan fingerprint density at radius 1 is 1.27 bits per heavy atom. The Labute approximate surface area is 150 Å². The van der Waals surface area contributed by atoms with Gasteiger partial charge in [0.15, 0.2) is 5.41 Å². The van der Waals surface area contributed by atoms with Crippen molar-refractivity contribution < 1.29 is 17.7 Å². The number of likely N-dealkylation sites (tertiary alicyclic amines) is 1. The van der Waals surface area contributed by atoms with Gasteiger partial charge in [-0.1, -0.05) is 9.64 Å². The summed E-state index contributed by atoms with van der Waals surface area (Å²) in [6.45, 7) is 0.387. The Bertz CT molecular complexity index is 869. The van der Waals surface area contributed by atoms with E-state index in [1.54, 1.807) is 23.2 Å². The largest absolute Gasteiger partial charge is 0.404 e. The van der Waals surface area contributed by atoms with Crippen LogP contribution in [0.15, 0.2) is 35.2 Å². The van der Waals surface area contributed by atoms with Gasteiger partial charge in [0, 0.05) is 31.0 Å². The van der Waals surface area contributed by atoms with Gasteiger partial charge in [-0.3, -0.25) is 9.88 Å². The lowest BCUT2D eigenvalue weighted by atomic mass is 9.86. The zero-order valence-corrected chi connectivity index (χ0v) is 14.2. The van der Waals surface area contributed by atoms with Crippen LogP contribution >= 0.6 is 11.5 Å². The van der Waals surface area contributed by atoms with E-state index < -0.39 is 17.5 Å². The van der Waals surface area contributed by atoms with Crippen LogP contribution < -0.4 is 0 Å². The maximum atomic E-state index is 14.0. The van der Waals surface area contributed by atoms with E-state index >= 15 is 0 Å². The van der Waals surface area contributed by atoms with Gasteiger partial charge in [-0.05, 0) is 36.6 Å². The molecule has 1 fully saturated rings. The van der Waals surface area contributed by atoms with Crippen molar-refractivity contribution in [2.75, 3.05) is 13.1 Å². The van der Waals surface area contributed by atoms with Crippen LogP contribution in [-0.4, -0.2) is 48.9 Å². The zero-order chi connectivity index (χ0) is 18.2. The summed E-state index contributed by atoms with van der Waals surface area (Å²) in [5.41, 5.74) is -1.62. The van der Waals surface area contributed by atoms with E-state index in [4.69, 9.17) is 4.52 Å². The second-order valence-corrected chi connectivity index (χ2v) is 6.95. The minimum atomic E-state index is -4.50. The Hall–Kier alpha value is -2.40. The van der Waals surface area contributed by atoms with Crippen LogP contribution in [0.25, 0.3) is 11.4 Å². The first-order valence-electron chi connectivity index (χ1n) is 7.78. The van der Waals surface area contributed by atoms with Gasteiger partial charge < -0.3 is 4.52 Å². The number of pyridine rings is 1. The highest BCUT2D eigenvalue weighted by Gasteiger charge is 2.62. The van der Waals surface area contributed by atoms with Gasteiger partial charge in [0.25, 0.3) is 0 Å². The van der Waals surface area contributed by atoms with Gasteiger partial charge in [-0.2, -0.15) is 18.2 Å². The van der Waals surface area contributed by atoms with E-state index in [0.29, 0.717) is 12.1 Å². The predicted molar refractivity (Wildman–Crippen MR) is 85.1 cm³/mol. The van der Waals surface area contributed by atoms with Crippen LogP contribution in [-0.2, 0) is 12.0 Å². The average molecular weight is 382 g/mol. The summed E-state index contributed by atoms with van der Waals surface area (Å²) < 4.78 is 50.7. The second-order valence-electron chi connectivity index (χ2n) is 6.08. The molecule has 0 radical (unpaired) electrons. The standard InChI is InChI=1S/C15H13F3N6OS/c16-15(17,18)14(3-6-24(9-14)8-11-7-20-23-26-11)13-21-12(22-25-13)10-1-4-19-5-2-10/h1-2,4-5,7H,3,6,8-9H2. The summed E-state index contributed by atoms with van der Waals surface area (Å²) in [5.74, 6) is -0.280. The maximum Gasteiger partial charge on any atom is 0.404 e. The van der Waals surface area contributed by atoms with Crippen LogP contribution in [0.5, 0.6) is 0 Å². The van der Waals surface area contributed by atoms with Gasteiger partial charge >= 0.3 is 6.18 Å². The molecule has 3 aromatic heterocycles. The average Bonchev–Trinajstić information content (AvgIpc) is 3.36. The molecular weight excluding hydrogens is 369 g/mol. The van der Waals surface area contributed by atoms with Gasteiger partial charge in [0.2, 0.25) is 11.7 Å². The number of aromatic nitrogens is 5. The van der Waals surface area contributed by atoms with Crippen molar-refractivity contribution in [1.29, 1.82) is 0 Å². The van der Waals surface area contributed by atoms with E-state index in [1.807, 2.05) is 0 Å². The van der Waals surface area contributed by atoms with Gasteiger partial charge in [0.05, 0.1) is 11.1 Å². The highest BCUT2D eigenvalue weighted by atomic mass is 32.1. The van der Waals surface area contributed by atoms with Crippen molar-refractivity contribution in [2.24, 2.45) is 0 Å². The molecule has 1 aliphatic rings. The lowest BCUT2D eigenvalue weighted by Crippen LogP contribution is -2.45. The van der Waals surface area contributed by atoms with Crippen molar-refractivity contribution in [3.63, 3.8) is 0 Å². The lowest BCUT2D eigenvalue weighted by molar-refractivity contribution is -0.193. The van der Waals surface area contributed by atoms with Crippen LogP contribution in [0.3, 0.4) is 0 Å². The predicted octanol–water partition coefficient (Wildman–Crippen LogP) is 2.69. The molecule has 0 saturated carbocycles. The zero-order valence-electron chi connectivity index (χ0n) is 13.3. The minimum Gasteiger partial charge on any atom is -0.338 e. The molecule has 1 unspecified atom stereocenters. The van der Waals surface area contributed by atoms with Crippen molar-refractivity contribution in [2.45, 2.75) is 24.6 Å². The molecule has 26 heavy (non-hydrogen) atoms. The van der Waals surface area contributed by atoms with Crippen LogP contribution in [0.1, 0.15) is 17.2 Å². The Kier molecular flexibility index (Phi) is 4.19. The number of alkyl halides is 3. The van der Waals surface area contributed by atoms with E-state index in [-0.39, 0.29) is 25.3 Å². The normalized spacial score (nSPS) is 21.3. The molecule has 11 heteroatoms. The summed E-state index contributed by atoms with van der Waals surface area (Å²) in [7, 11) is 0. The molecule has 1 atom stereocenters. The first-order valence-corrected chi connectivity index (χ1v) is 8.55. The fraction of sp³-hybridized carbons (Fsp3) is 0.400. The molecule has 0 spiro atoms. The summed E-state index contributed by atoms with van der Waals surface area (Å²) >= 11 is 1.17. The molecule has 4 rings (SSSR count). The quantitative estimate of drug-likeness (QED) is 0.686. The number of hydrogen-bond donors (Lipinski definition) is 0. The van der Waals surface area contributed by atoms with Crippen molar-refractivity contribution in [1.82, 2.24) is 29.6 Å². The fourth-order valence-electron chi connectivity index (χ4n) is 3.06. The molecule has 1 aliphatic heterocycles. The summed E-state index contributed by atoms with van der Waals surface area (Å²) in [6, 6.07) is 3.24. The molecule has 136 valence electrons. The highest BCUT2D eigenvalue weighted by molar-refractivity contribution is 7.05. The van der Waals surface area contributed by atoms with E-state index in [2.05, 4.69) is 24.7 Å². The Morgan fingerprint density at radius 3 is 2.77 bits per heavy atom. The molecule has 1 saturated heterocycles. The number of hydrogen-bond acceptors (Lipinski definition) is 8. The van der Waals surface area contributed by atoms with Crippen LogP contribution in [0.2, 0.25) is 0 Å². The monoisotopic (exact) mass is 382 g/mol. The van der Waals surface area contributed by atoms with Crippen molar-refractivity contribution in [3.8, 4) is 11.4 Å². The molecule has 0 amide bonds. The molecule has 0 bridgehead atoms. The first-order chi connectivity index (χ1) is 12.5. The lowest BCUT2D eigenvalue weighted by Gasteiger charge is -2.28.